The van der Waals surface area contributed by atoms with E-state index in [4.69, 9.17) is 4.74 Å². The highest BCUT2D eigenvalue weighted by atomic mass is 79.9. The van der Waals surface area contributed by atoms with Gasteiger partial charge in [0.15, 0.2) is 5.78 Å². The zero-order valence-electron chi connectivity index (χ0n) is 10.6. The predicted octanol–water partition coefficient (Wildman–Crippen LogP) is 2.63. The van der Waals surface area contributed by atoms with Crippen molar-refractivity contribution in [2.24, 2.45) is 0 Å². The Morgan fingerprint density at radius 2 is 1.83 bits per heavy atom. The van der Waals surface area contributed by atoms with Gasteiger partial charge in [-0.25, -0.2) is 0 Å². The van der Waals surface area contributed by atoms with Crippen LogP contribution in [0.1, 0.15) is 24.2 Å². The van der Waals surface area contributed by atoms with Gasteiger partial charge in [-0.15, -0.1) is 0 Å². The number of Topliss-reactive ketones (excluding diaryl/α,β-unsaturated/α-hetero) is 1. The highest BCUT2D eigenvalue weighted by Gasteiger charge is 2.24. The molecule has 0 saturated carbocycles. The first-order valence-corrected chi connectivity index (χ1v) is 6.26. The summed E-state index contributed by atoms with van der Waals surface area (Å²) in [6.07, 6.45) is 0. The van der Waals surface area contributed by atoms with Gasteiger partial charge in [-0.3, -0.25) is 9.59 Å². The quantitative estimate of drug-likeness (QED) is 0.671. The summed E-state index contributed by atoms with van der Waals surface area (Å²) in [5.74, 6) is -0.227. The zero-order valence-corrected chi connectivity index (χ0v) is 12.2. The smallest absolute Gasteiger partial charge is 0.250 e. The Hall–Kier alpha value is -1.20. The number of benzene rings is 1. The van der Waals surface area contributed by atoms with Gasteiger partial charge in [-0.2, -0.15) is 0 Å². The van der Waals surface area contributed by atoms with Crippen molar-refractivity contribution in [1.82, 2.24) is 0 Å². The minimum atomic E-state index is -0.589. The maximum atomic E-state index is 11.9. The number of rotatable bonds is 5. The Kier molecular flexibility index (Phi) is 5.04. The SMILES string of the molecule is COCC(=O)Nc1ccc(C(=O)C(C)(C)Br)cc1. The molecule has 0 saturated heterocycles. The zero-order chi connectivity index (χ0) is 13.8. The van der Waals surface area contributed by atoms with Crippen LogP contribution in [0.5, 0.6) is 0 Å². The molecule has 1 rings (SSSR count). The molecular weight excluding hydrogens is 298 g/mol. The molecule has 1 aromatic carbocycles. The highest BCUT2D eigenvalue weighted by molar-refractivity contribution is 9.10. The number of carbonyl (C=O) groups excluding carboxylic acids is 2. The molecular formula is C13H16BrNO3. The third-order valence-electron chi connectivity index (χ3n) is 2.25. The predicted molar refractivity (Wildman–Crippen MR) is 74.3 cm³/mol. The van der Waals surface area contributed by atoms with E-state index in [1.165, 1.54) is 7.11 Å². The number of hydrogen-bond donors (Lipinski definition) is 1. The summed E-state index contributed by atoms with van der Waals surface area (Å²) < 4.78 is 4.12. The lowest BCUT2D eigenvalue weighted by molar-refractivity contribution is -0.119. The van der Waals surface area contributed by atoms with Gasteiger partial charge in [-0.1, -0.05) is 15.9 Å². The van der Waals surface area contributed by atoms with Gasteiger partial charge in [0.25, 0.3) is 0 Å². The maximum Gasteiger partial charge on any atom is 0.250 e. The van der Waals surface area contributed by atoms with Crippen LogP contribution in [0.3, 0.4) is 0 Å². The fourth-order valence-corrected chi connectivity index (χ4v) is 1.61. The number of hydrogen-bond acceptors (Lipinski definition) is 3. The van der Waals surface area contributed by atoms with E-state index >= 15 is 0 Å². The van der Waals surface area contributed by atoms with Crippen molar-refractivity contribution in [3.05, 3.63) is 29.8 Å². The normalized spacial score (nSPS) is 11.1. The van der Waals surface area contributed by atoms with Crippen molar-refractivity contribution >= 4 is 33.3 Å². The molecule has 0 aliphatic carbocycles. The molecule has 0 fully saturated rings. The molecule has 0 spiro atoms. The molecule has 0 atom stereocenters. The van der Waals surface area contributed by atoms with Crippen LogP contribution in [0.4, 0.5) is 5.69 Å². The molecule has 1 amide bonds. The van der Waals surface area contributed by atoms with Gasteiger partial charge in [0.1, 0.15) is 6.61 Å². The van der Waals surface area contributed by atoms with Crippen LogP contribution in [0, 0.1) is 0 Å². The van der Waals surface area contributed by atoms with Gasteiger partial charge < -0.3 is 10.1 Å². The average Bonchev–Trinajstić information content (AvgIpc) is 2.28. The second-order valence-corrected chi connectivity index (χ2v) is 6.34. The third-order valence-corrected chi connectivity index (χ3v) is 2.61. The topological polar surface area (TPSA) is 55.4 Å². The van der Waals surface area contributed by atoms with Crippen LogP contribution in [0.25, 0.3) is 0 Å². The van der Waals surface area contributed by atoms with Crippen molar-refractivity contribution < 1.29 is 14.3 Å². The lowest BCUT2D eigenvalue weighted by Crippen LogP contribution is -2.24. The van der Waals surface area contributed by atoms with Gasteiger partial charge in [-0.05, 0) is 38.1 Å². The molecule has 0 aliphatic heterocycles. The van der Waals surface area contributed by atoms with Gasteiger partial charge >= 0.3 is 0 Å². The standard InChI is InChI=1S/C13H16BrNO3/c1-13(2,14)12(17)9-4-6-10(7-5-9)15-11(16)8-18-3/h4-7H,8H2,1-3H3,(H,15,16). The van der Waals surface area contributed by atoms with E-state index in [1.807, 2.05) is 0 Å². The molecule has 1 N–H and O–H groups in total. The Labute approximate surface area is 115 Å². The summed E-state index contributed by atoms with van der Waals surface area (Å²) in [5.41, 5.74) is 1.24. The summed E-state index contributed by atoms with van der Waals surface area (Å²) >= 11 is 3.32. The van der Waals surface area contributed by atoms with E-state index in [1.54, 1.807) is 38.1 Å². The van der Waals surface area contributed by atoms with Crippen LogP contribution < -0.4 is 5.32 Å². The number of methoxy groups -OCH3 is 1. The molecule has 5 heteroatoms. The van der Waals surface area contributed by atoms with Crippen LogP contribution in [-0.2, 0) is 9.53 Å². The van der Waals surface area contributed by atoms with E-state index in [9.17, 15) is 9.59 Å². The van der Waals surface area contributed by atoms with E-state index in [-0.39, 0.29) is 18.3 Å². The molecule has 0 heterocycles. The number of amides is 1. The van der Waals surface area contributed by atoms with Crippen molar-refractivity contribution in [3.63, 3.8) is 0 Å². The molecule has 0 bridgehead atoms. The van der Waals surface area contributed by atoms with Crippen LogP contribution in [0.15, 0.2) is 24.3 Å². The summed E-state index contributed by atoms with van der Waals surface area (Å²) in [7, 11) is 1.46. The summed E-state index contributed by atoms with van der Waals surface area (Å²) in [4.78, 5) is 23.2. The number of ketones is 1. The first-order valence-electron chi connectivity index (χ1n) is 5.47. The first kappa shape index (κ1) is 14.9. The molecule has 0 aliphatic rings. The Bertz CT molecular complexity index is 435. The molecule has 1 aromatic rings. The lowest BCUT2D eigenvalue weighted by atomic mass is 10.0. The van der Waals surface area contributed by atoms with Crippen LogP contribution in [-0.4, -0.2) is 29.7 Å². The third kappa shape index (κ3) is 4.23. The van der Waals surface area contributed by atoms with Gasteiger partial charge in [0.05, 0.1) is 4.32 Å². The summed E-state index contributed by atoms with van der Waals surface area (Å²) in [6, 6.07) is 6.76. The maximum absolute atomic E-state index is 11.9. The van der Waals surface area contributed by atoms with Gasteiger partial charge in [0.2, 0.25) is 5.91 Å². The first-order chi connectivity index (χ1) is 8.34. The monoisotopic (exact) mass is 313 g/mol. The number of anilines is 1. The Morgan fingerprint density at radius 1 is 1.28 bits per heavy atom. The minimum absolute atomic E-state index is 0.00253. The fraction of sp³-hybridized carbons (Fsp3) is 0.385. The van der Waals surface area contributed by atoms with Gasteiger partial charge in [0, 0.05) is 18.4 Å². The fourth-order valence-electron chi connectivity index (χ4n) is 1.38. The Morgan fingerprint density at radius 3 is 2.28 bits per heavy atom. The lowest BCUT2D eigenvalue weighted by Gasteiger charge is -2.14. The Balaban J connectivity index is 2.75. The van der Waals surface area contributed by atoms with Crippen molar-refractivity contribution in [1.29, 1.82) is 0 Å². The van der Waals surface area contributed by atoms with Crippen molar-refractivity contribution in [2.75, 3.05) is 19.0 Å². The molecule has 4 nitrogen and oxygen atoms in total. The van der Waals surface area contributed by atoms with E-state index in [2.05, 4.69) is 21.2 Å². The number of ether oxygens (including phenoxy) is 1. The van der Waals surface area contributed by atoms with E-state index < -0.39 is 4.32 Å². The minimum Gasteiger partial charge on any atom is -0.375 e. The molecule has 0 radical (unpaired) electrons. The number of carbonyl (C=O) groups is 2. The van der Waals surface area contributed by atoms with Crippen LogP contribution >= 0.6 is 15.9 Å². The number of halogens is 1. The van der Waals surface area contributed by atoms with Crippen molar-refractivity contribution in [3.8, 4) is 0 Å². The second-order valence-electron chi connectivity index (χ2n) is 4.36. The van der Waals surface area contributed by atoms with Crippen molar-refractivity contribution in [2.45, 2.75) is 18.2 Å². The highest BCUT2D eigenvalue weighted by Crippen LogP contribution is 2.22. The average molecular weight is 314 g/mol. The molecule has 0 unspecified atom stereocenters. The van der Waals surface area contributed by atoms with E-state index in [0.717, 1.165) is 0 Å². The molecule has 0 aromatic heterocycles. The second kappa shape index (κ2) is 6.11. The number of alkyl halides is 1. The number of nitrogens with one attached hydrogen (secondary N) is 1. The summed E-state index contributed by atoms with van der Waals surface area (Å²) in [5, 5.41) is 2.66. The summed E-state index contributed by atoms with van der Waals surface area (Å²) in [6.45, 7) is 3.60. The van der Waals surface area contributed by atoms with E-state index in [0.29, 0.717) is 11.3 Å². The van der Waals surface area contributed by atoms with Crippen LogP contribution in [0.2, 0.25) is 0 Å². The molecule has 18 heavy (non-hydrogen) atoms. The largest absolute Gasteiger partial charge is 0.375 e. The molecule has 98 valence electrons.